The number of aromatic nitrogens is 2. The fourth-order valence-electron chi connectivity index (χ4n) is 1.76. The lowest BCUT2D eigenvalue weighted by atomic mass is 10.2. The zero-order chi connectivity index (χ0) is 14.7. The molecule has 0 spiro atoms. The van der Waals surface area contributed by atoms with Crippen molar-refractivity contribution >= 4 is 29.1 Å². The van der Waals surface area contributed by atoms with Crippen LogP contribution in [0.25, 0.3) is 0 Å². The summed E-state index contributed by atoms with van der Waals surface area (Å²) < 4.78 is 0. The van der Waals surface area contributed by atoms with Gasteiger partial charge in [0, 0.05) is 23.2 Å². The second-order valence-corrected chi connectivity index (χ2v) is 5.57. The molecule has 0 saturated carbocycles. The number of hydrogen-bond acceptors (Lipinski definition) is 5. The van der Waals surface area contributed by atoms with Crippen LogP contribution < -0.4 is 0 Å². The highest BCUT2D eigenvalue weighted by Crippen LogP contribution is 2.31. The van der Waals surface area contributed by atoms with Gasteiger partial charge in [0.05, 0.1) is 15.5 Å². The van der Waals surface area contributed by atoms with Gasteiger partial charge in [-0.3, -0.25) is 10.1 Å². The quantitative estimate of drug-likeness (QED) is 0.370. The molecule has 0 unspecified atom stereocenters. The molecular formula is C13H12ClN3O2S. The van der Waals surface area contributed by atoms with Crippen LogP contribution in [0.2, 0.25) is 5.02 Å². The molecule has 0 aliphatic carbocycles. The number of nitro groups is 1. The molecule has 20 heavy (non-hydrogen) atoms. The maximum Gasteiger partial charge on any atom is 0.274 e. The fourth-order valence-corrected chi connectivity index (χ4v) is 3.07. The molecule has 5 nitrogen and oxygen atoms in total. The molecule has 1 aromatic heterocycles. The van der Waals surface area contributed by atoms with E-state index in [1.165, 1.54) is 17.8 Å². The second kappa shape index (κ2) is 6.19. The summed E-state index contributed by atoms with van der Waals surface area (Å²) in [6, 6.07) is 6.54. The molecule has 0 N–H and O–H groups in total. The van der Waals surface area contributed by atoms with Crippen LogP contribution in [-0.2, 0) is 5.75 Å². The Hall–Kier alpha value is -1.66. The van der Waals surface area contributed by atoms with Crippen molar-refractivity contribution < 1.29 is 4.92 Å². The topological polar surface area (TPSA) is 68.9 Å². The average molecular weight is 310 g/mol. The zero-order valence-corrected chi connectivity index (χ0v) is 12.5. The minimum Gasteiger partial charge on any atom is -0.258 e. The molecule has 0 amide bonds. The Morgan fingerprint density at radius 3 is 2.55 bits per heavy atom. The first-order chi connectivity index (χ1) is 9.47. The lowest BCUT2D eigenvalue weighted by molar-refractivity contribution is -0.385. The average Bonchev–Trinajstić information content (AvgIpc) is 2.35. The van der Waals surface area contributed by atoms with Crippen molar-refractivity contribution in [2.45, 2.75) is 24.8 Å². The molecule has 1 aromatic carbocycles. The molecule has 1 heterocycles. The van der Waals surface area contributed by atoms with E-state index in [9.17, 15) is 10.1 Å². The monoisotopic (exact) mass is 309 g/mol. The number of nitro benzene ring substituents is 1. The van der Waals surface area contributed by atoms with Gasteiger partial charge in [-0.05, 0) is 26.0 Å². The number of halogens is 1. The number of benzene rings is 1. The molecule has 7 heteroatoms. The number of thioether (sulfide) groups is 1. The van der Waals surface area contributed by atoms with Crippen LogP contribution in [0.15, 0.2) is 29.4 Å². The summed E-state index contributed by atoms with van der Waals surface area (Å²) in [5.74, 6) is 0.360. The van der Waals surface area contributed by atoms with Gasteiger partial charge < -0.3 is 0 Å². The third kappa shape index (κ3) is 3.46. The first-order valence-electron chi connectivity index (χ1n) is 5.84. The van der Waals surface area contributed by atoms with E-state index < -0.39 is 4.92 Å². The van der Waals surface area contributed by atoms with Crippen molar-refractivity contribution in [2.75, 3.05) is 0 Å². The number of rotatable bonds is 4. The van der Waals surface area contributed by atoms with E-state index in [4.69, 9.17) is 11.6 Å². The Bertz CT molecular complexity index is 644. The van der Waals surface area contributed by atoms with Crippen molar-refractivity contribution in [1.82, 2.24) is 9.97 Å². The van der Waals surface area contributed by atoms with E-state index in [1.54, 1.807) is 12.1 Å². The smallest absolute Gasteiger partial charge is 0.258 e. The summed E-state index contributed by atoms with van der Waals surface area (Å²) in [5, 5.41) is 12.0. The van der Waals surface area contributed by atoms with Gasteiger partial charge in [-0.15, -0.1) is 0 Å². The molecule has 0 fully saturated rings. The molecule has 2 rings (SSSR count). The van der Waals surface area contributed by atoms with E-state index in [0.29, 0.717) is 21.5 Å². The fraction of sp³-hybridized carbons (Fsp3) is 0.231. The van der Waals surface area contributed by atoms with Crippen LogP contribution in [0.1, 0.15) is 17.0 Å². The predicted octanol–water partition coefficient (Wildman–Crippen LogP) is 3.95. The molecule has 104 valence electrons. The van der Waals surface area contributed by atoms with Crippen LogP contribution in [0.3, 0.4) is 0 Å². The van der Waals surface area contributed by atoms with E-state index in [0.717, 1.165) is 11.4 Å². The molecule has 0 aliphatic rings. The van der Waals surface area contributed by atoms with Crippen molar-refractivity contribution in [3.63, 3.8) is 0 Å². The molecule has 0 aliphatic heterocycles. The van der Waals surface area contributed by atoms with Crippen LogP contribution in [-0.4, -0.2) is 14.9 Å². The van der Waals surface area contributed by atoms with Crippen LogP contribution in [0.4, 0.5) is 5.69 Å². The number of aryl methyl sites for hydroxylation is 2. The van der Waals surface area contributed by atoms with Crippen LogP contribution in [0, 0.1) is 24.0 Å². The first kappa shape index (κ1) is 14.7. The van der Waals surface area contributed by atoms with Gasteiger partial charge in [-0.2, -0.15) is 0 Å². The Balaban J connectivity index is 2.25. The second-order valence-electron chi connectivity index (χ2n) is 4.22. The molecule has 0 radical (unpaired) electrons. The highest BCUT2D eigenvalue weighted by atomic mass is 35.5. The molecule has 0 atom stereocenters. The van der Waals surface area contributed by atoms with Crippen LogP contribution in [0.5, 0.6) is 0 Å². The molecule has 0 saturated heterocycles. The van der Waals surface area contributed by atoms with Gasteiger partial charge in [0.25, 0.3) is 5.69 Å². The van der Waals surface area contributed by atoms with Gasteiger partial charge in [0.1, 0.15) is 0 Å². The minimum atomic E-state index is -0.426. The summed E-state index contributed by atoms with van der Waals surface area (Å²) >= 11 is 7.38. The van der Waals surface area contributed by atoms with Crippen molar-refractivity contribution in [1.29, 1.82) is 0 Å². The summed E-state index contributed by atoms with van der Waals surface area (Å²) in [4.78, 5) is 19.2. The van der Waals surface area contributed by atoms with Crippen molar-refractivity contribution in [3.05, 3.63) is 56.4 Å². The Labute approximate surface area is 125 Å². The Kier molecular flexibility index (Phi) is 4.57. The summed E-state index contributed by atoms with van der Waals surface area (Å²) in [6.45, 7) is 3.77. The maximum absolute atomic E-state index is 11.0. The third-order valence-electron chi connectivity index (χ3n) is 2.60. The van der Waals surface area contributed by atoms with Gasteiger partial charge in [-0.1, -0.05) is 29.4 Å². The lowest BCUT2D eigenvalue weighted by Gasteiger charge is -2.05. The van der Waals surface area contributed by atoms with Gasteiger partial charge in [-0.25, -0.2) is 9.97 Å². The van der Waals surface area contributed by atoms with Crippen LogP contribution >= 0.6 is 23.4 Å². The maximum atomic E-state index is 11.0. The Morgan fingerprint density at radius 1 is 1.30 bits per heavy atom. The van der Waals surface area contributed by atoms with Crippen molar-refractivity contribution in [3.8, 4) is 0 Å². The van der Waals surface area contributed by atoms with E-state index >= 15 is 0 Å². The molecule has 2 aromatic rings. The SMILES string of the molecule is Cc1cc(C)nc(SCc2c(Cl)cccc2[N+](=O)[O-])n1. The summed E-state index contributed by atoms with van der Waals surface area (Å²) in [5.41, 5.74) is 2.25. The molecular weight excluding hydrogens is 298 g/mol. The van der Waals surface area contributed by atoms with Gasteiger partial charge in [0.15, 0.2) is 5.16 Å². The van der Waals surface area contributed by atoms with Gasteiger partial charge >= 0.3 is 0 Å². The largest absolute Gasteiger partial charge is 0.274 e. The normalized spacial score (nSPS) is 10.6. The minimum absolute atomic E-state index is 0.0226. The Morgan fingerprint density at radius 2 is 1.95 bits per heavy atom. The predicted molar refractivity (Wildman–Crippen MR) is 79.2 cm³/mol. The zero-order valence-electron chi connectivity index (χ0n) is 11.0. The third-order valence-corrected chi connectivity index (χ3v) is 3.83. The van der Waals surface area contributed by atoms with E-state index in [2.05, 4.69) is 9.97 Å². The number of hydrogen-bond donors (Lipinski definition) is 0. The van der Waals surface area contributed by atoms with Gasteiger partial charge in [0.2, 0.25) is 0 Å². The van der Waals surface area contributed by atoms with E-state index in [1.807, 2.05) is 19.9 Å². The summed E-state index contributed by atoms with van der Waals surface area (Å²) in [6.07, 6.45) is 0. The molecule has 0 bridgehead atoms. The van der Waals surface area contributed by atoms with Crippen molar-refractivity contribution in [2.24, 2.45) is 0 Å². The summed E-state index contributed by atoms with van der Waals surface area (Å²) in [7, 11) is 0. The first-order valence-corrected chi connectivity index (χ1v) is 7.20. The number of nitrogens with zero attached hydrogens (tertiary/aromatic N) is 3. The standard InChI is InChI=1S/C13H12ClN3O2S/c1-8-6-9(2)16-13(15-8)20-7-10-11(14)4-3-5-12(10)17(18)19/h3-6H,7H2,1-2H3. The lowest BCUT2D eigenvalue weighted by Crippen LogP contribution is -1.97. The highest BCUT2D eigenvalue weighted by molar-refractivity contribution is 7.98. The van der Waals surface area contributed by atoms with E-state index in [-0.39, 0.29) is 5.69 Å². The highest BCUT2D eigenvalue weighted by Gasteiger charge is 2.17.